The van der Waals surface area contributed by atoms with Gasteiger partial charge in [-0.2, -0.15) is 0 Å². The molecule has 0 saturated carbocycles. The van der Waals surface area contributed by atoms with Crippen molar-refractivity contribution in [3.63, 3.8) is 0 Å². The average Bonchev–Trinajstić information content (AvgIpc) is 2.67. The maximum absolute atomic E-state index is 13.3. The number of benzene rings is 1. The molecule has 1 saturated heterocycles. The number of ether oxygens (including phenoxy) is 1. The van der Waals surface area contributed by atoms with Crippen molar-refractivity contribution in [3.05, 3.63) is 34.6 Å². The molecule has 98 valence electrons. The van der Waals surface area contributed by atoms with Crippen LogP contribution in [0.15, 0.2) is 18.2 Å². The molecule has 2 atom stereocenters. The highest BCUT2D eigenvalue weighted by Crippen LogP contribution is 2.31. The van der Waals surface area contributed by atoms with Gasteiger partial charge in [0.1, 0.15) is 11.6 Å². The highest BCUT2D eigenvalue weighted by Gasteiger charge is 2.43. The molecule has 0 radical (unpaired) electrons. The van der Waals surface area contributed by atoms with E-state index in [0.717, 1.165) is 0 Å². The van der Waals surface area contributed by atoms with E-state index in [2.05, 4.69) is 0 Å². The second-order valence-corrected chi connectivity index (χ2v) is 5.23. The molecule has 2 rings (SSSR count). The van der Waals surface area contributed by atoms with Crippen molar-refractivity contribution in [1.29, 1.82) is 0 Å². The van der Waals surface area contributed by atoms with E-state index in [0.29, 0.717) is 18.8 Å². The van der Waals surface area contributed by atoms with Crippen LogP contribution in [0, 0.1) is 11.2 Å². The quantitative estimate of drug-likeness (QED) is 0.914. The molecule has 2 N–H and O–H groups in total. The van der Waals surface area contributed by atoms with Gasteiger partial charge in [0.05, 0.1) is 23.7 Å². The smallest absolute Gasteiger partial charge is 0.147 e. The lowest BCUT2D eigenvalue weighted by Gasteiger charge is -2.25. The zero-order valence-electron chi connectivity index (χ0n) is 10.1. The molecule has 1 heterocycles. The lowest BCUT2D eigenvalue weighted by molar-refractivity contribution is -0.127. The van der Waals surface area contributed by atoms with Gasteiger partial charge in [0.2, 0.25) is 0 Å². The number of hydrogen-bond acceptors (Lipinski definition) is 3. The number of rotatable bonds is 3. The summed E-state index contributed by atoms with van der Waals surface area (Å²) in [4.78, 5) is 12.3. The van der Waals surface area contributed by atoms with Gasteiger partial charge in [0.25, 0.3) is 0 Å². The molecule has 0 aliphatic carbocycles. The number of ketones is 1. The summed E-state index contributed by atoms with van der Waals surface area (Å²) >= 11 is 5.84. The molecule has 1 fully saturated rings. The van der Waals surface area contributed by atoms with E-state index in [1.807, 2.05) is 0 Å². The minimum atomic E-state index is -0.713. The maximum atomic E-state index is 13.3. The second-order valence-electron chi connectivity index (χ2n) is 4.85. The SMILES string of the molecule is CC1(C(=O)Cc2cccc(F)c2Cl)COCC1N. The van der Waals surface area contributed by atoms with Crippen LogP contribution in [-0.4, -0.2) is 25.0 Å². The summed E-state index contributed by atoms with van der Waals surface area (Å²) in [6.07, 6.45) is 0.0736. The first-order chi connectivity index (χ1) is 8.45. The fourth-order valence-electron chi connectivity index (χ4n) is 2.04. The molecule has 0 amide bonds. The van der Waals surface area contributed by atoms with Crippen LogP contribution in [0.5, 0.6) is 0 Å². The predicted molar refractivity (Wildman–Crippen MR) is 67.0 cm³/mol. The summed E-state index contributed by atoms with van der Waals surface area (Å²) < 4.78 is 18.5. The first-order valence-corrected chi connectivity index (χ1v) is 6.12. The van der Waals surface area contributed by atoms with Crippen LogP contribution in [0.2, 0.25) is 5.02 Å². The number of Topliss-reactive ketones (excluding diaryl/α,β-unsaturated/α-hetero) is 1. The van der Waals surface area contributed by atoms with Crippen LogP contribution in [-0.2, 0) is 16.0 Å². The van der Waals surface area contributed by atoms with Gasteiger partial charge in [-0.05, 0) is 18.6 Å². The largest absolute Gasteiger partial charge is 0.379 e. The van der Waals surface area contributed by atoms with E-state index in [1.54, 1.807) is 13.0 Å². The lowest BCUT2D eigenvalue weighted by Crippen LogP contribution is -2.45. The van der Waals surface area contributed by atoms with E-state index < -0.39 is 11.2 Å². The average molecular weight is 272 g/mol. The molecular weight excluding hydrogens is 257 g/mol. The molecule has 1 aromatic rings. The topological polar surface area (TPSA) is 52.3 Å². The summed E-state index contributed by atoms with van der Waals surface area (Å²) in [5.74, 6) is -0.584. The Kier molecular flexibility index (Phi) is 3.71. The molecule has 5 heteroatoms. The molecule has 18 heavy (non-hydrogen) atoms. The van der Waals surface area contributed by atoms with Crippen molar-refractivity contribution in [3.8, 4) is 0 Å². The Bertz CT molecular complexity index is 480. The summed E-state index contributed by atoms with van der Waals surface area (Å²) in [5, 5.41) is 0.00179. The summed E-state index contributed by atoms with van der Waals surface area (Å²) in [6.45, 7) is 2.46. The van der Waals surface area contributed by atoms with E-state index in [9.17, 15) is 9.18 Å². The summed E-state index contributed by atoms with van der Waals surface area (Å²) in [7, 11) is 0. The lowest BCUT2D eigenvalue weighted by atomic mass is 9.79. The number of carbonyl (C=O) groups is 1. The van der Waals surface area contributed by atoms with Gasteiger partial charge in [0.15, 0.2) is 0 Å². The Morgan fingerprint density at radius 1 is 1.67 bits per heavy atom. The number of carbonyl (C=O) groups excluding carboxylic acids is 1. The second kappa shape index (κ2) is 4.96. The third kappa shape index (κ3) is 2.28. The number of nitrogens with two attached hydrogens (primary N) is 1. The number of halogens is 2. The molecule has 1 aliphatic heterocycles. The van der Waals surface area contributed by atoms with Gasteiger partial charge in [-0.3, -0.25) is 4.79 Å². The van der Waals surface area contributed by atoms with Crippen LogP contribution >= 0.6 is 11.6 Å². The van der Waals surface area contributed by atoms with E-state index in [1.165, 1.54) is 12.1 Å². The van der Waals surface area contributed by atoms with Gasteiger partial charge in [0, 0.05) is 12.5 Å². The first-order valence-electron chi connectivity index (χ1n) is 5.74. The third-order valence-electron chi connectivity index (χ3n) is 3.54. The van der Waals surface area contributed by atoms with Crippen molar-refractivity contribution in [2.45, 2.75) is 19.4 Å². The molecule has 1 aliphatic rings. The van der Waals surface area contributed by atoms with Crippen molar-refractivity contribution >= 4 is 17.4 Å². The first kappa shape index (κ1) is 13.5. The Hall–Kier alpha value is -0.970. The van der Waals surface area contributed by atoms with Gasteiger partial charge in [-0.15, -0.1) is 0 Å². The maximum Gasteiger partial charge on any atom is 0.147 e. The number of hydrogen-bond donors (Lipinski definition) is 1. The van der Waals surface area contributed by atoms with Crippen LogP contribution in [0.3, 0.4) is 0 Å². The van der Waals surface area contributed by atoms with E-state index in [-0.39, 0.29) is 23.3 Å². The van der Waals surface area contributed by atoms with Crippen molar-refractivity contribution in [2.24, 2.45) is 11.1 Å². The zero-order chi connectivity index (χ0) is 13.3. The molecule has 3 nitrogen and oxygen atoms in total. The fraction of sp³-hybridized carbons (Fsp3) is 0.462. The Morgan fingerprint density at radius 3 is 3.00 bits per heavy atom. The van der Waals surface area contributed by atoms with Crippen LogP contribution in [0.25, 0.3) is 0 Å². The third-order valence-corrected chi connectivity index (χ3v) is 3.96. The standard InChI is InChI=1S/C13H15ClFNO2/c1-13(7-18-6-10(13)16)11(17)5-8-3-2-4-9(15)12(8)14/h2-4,10H,5-7,16H2,1H3. The Balaban J connectivity index is 2.19. The van der Waals surface area contributed by atoms with Crippen LogP contribution in [0.1, 0.15) is 12.5 Å². The molecule has 1 aromatic carbocycles. The monoisotopic (exact) mass is 271 g/mol. The normalized spacial score (nSPS) is 27.4. The fourth-order valence-corrected chi connectivity index (χ4v) is 2.23. The predicted octanol–water partition coefficient (Wildman–Crippen LogP) is 1.95. The molecule has 0 spiro atoms. The molecule has 2 unspecified atom stereocenters. The Morgan fingerprint density at radius 2 is 2.39 bits per heavy atom. The summed E-state index contributed by atoms with van der Waals surface area (Å²) in [5.41, 5.74) is 5.66. The summed E-state index contributed by atoms with van der Waals surface area (Å²) in [6, 6.07) is 4.13. The van der Waals surface area contributed by atoms with Gasteiger partial charge < -0.3 is 10.5 Å². The highest BCUT2D eigenvalue weighted by molar-refractivity contribution is 6.31. The van der Waals surface area contributed by atoms with Gasteiger partial charge >= 0.3 is 0 Å². The van der Waals surface area contributed by atoms with Crippen molar-refractivity contribution in [2.75, 3.05) is 13.2 Å². The van der Waals surface area contributed by atoms with Crippen molar-refractivity contribution < 1.29 is 13.9 Å². The molecular formula is C13H15ClFNO2. The van der Waals surface area contributed by atoms with Crippen molar-refractivity contribution in [1.82, 2.24) is 0 Å². The Labute approximate surface area is 110 Å². The van der Waals surface area contributed by atoms with Crippen LogP contribution in [0.4, 0.5) is 4.39 Å². The molecule has 0 bridgehead atoms. The molecule has 0 aromatic heterocycles. The zero-order valence-corrected chi connectivity index (χ0v) is 10.8. The van der Waals surface area contributed by atoms with Gasteiger partial charge in [-0.25, -0.2) is 4.39 Å². The van der Waals surface area contributed by atoms with E-state index >= 15 is 0 Å². The highest BCUT2D eigenvalue weighted by atomic mass is 35.5. The minimum absolute atomic E-state index is 0.00179. The minimum Gasteiger partial charge on any atom is -0.379 e. The van der Waals surface area contributed by atoms with E-state index in [4.69, 9.17) is 22.1 Å². The van der Waals surface area contributed by atoms with Gasteiger partial charge in [-0.1, -0.05) is 23.7 Å². The van der Waals surface area contributed by atoms with Crippen LogP contribution < -0.4 is 5.73 Å².